The van der Waals surface area contributed by atoms with Gasteiger partial charge in [-0.1, -0.05) is 76.9 Å². The molecule has 0 saturated carbocycles. The minimum absolute atomic E-state index is 0.0667. The number of carbonyl (C=O) groups is 1. The number of rotatable bonds is 0. The molecular weight excluding hydrogens is 284 g/mol. The summed E-state index contributed by atoms with van der Waals surface area (Å²) in [5, 5.41) is 10.00. The maximum Gasteiger partial charge on any atom is 0.161 e. The first kappa shape index (κ1) is 20.4. The lowest BCUT2D eigenvalue weighted by molar-refractivity contribution is -0.128. The third-order valence-corrected chi connectivity index (χ3v) is 5.00. The molecule has 0 radical (unpaired) electrons. The zero-order valence-corrected chi connectivity index (χ0v) is 15.3. The van der Waals surface area contributed by atoms with Crippen molar-refractivity contribution in [2.75, 3.05) is 0 Å². The van der Waals surface area contributed by atoms with Crippen molar-refractivity contribution in [1.29, 1.82) is 0 Å². The lowest BCUT2D eigenvalue weighted by atomic mass is 9.94. The minimum Gasteiger partial charge on any atom is -0.385 e. The number of aliphatic hydroxyl groups excluding tert-OH is 1. The molecule has 0 aliphatic heterocycles. The number of Topliss-reactive ketones (excluding diaryl/α,β-unsaturated/α-hetero) is 1. The van der Waals surface area contributed by atoms with Gasteiger partial charge in [0.15, 0.2) is 5.78 Å². The molecule has 0 heterocycles. The summed E-state index contributed by atoms with van der Waals surface area (Å²) in [5.74, 6) is 0.486. The SMILES string of the molecule is C[C@H]1CCCCCC/C=C/CCCCCCCCC(O)C(=O)C1. The van der Waals surface area contributed by atoms with Crippen LogP contribution in [-0.2, 0) is 4.79 Å². The molecule has 2 heteroatoms. The third kappa shape index (κ3) is 11.5. The Kier molecular flexibility index (Phi) is 12.2. The Morgan fingerprint density at radius 1 is 0.783 bits per heavy atom. The number of carbonyl (C=O) groups excluding carboxylic acids is 1. The molecule has 1 N–H and O–H groups in total. The van der Waals surface area contributed by atoms with Crippen LogP contribution < -0.4 is 0 Å². The van der Waals surface area contributed by atoms with Crippen LogP contribution in [0.25, 0.3) is 0 Å². The summed E-state index contributed by atoms with van der Waals surface area (Å²) >= 11 is 0. The average molecular weight is 323 g/mol. The van der Waals surface area contributed by atoms with E-state index in [1.54, 1.807) is 0 Å². The van der Waals surface area contributed by atoms with E-state index in [4.69, 9.17) is 0 Å². The normalized spacial score (nSPS) is 29.7. The van der Waals surface area contributed by atoms with E-state index in [0.29, 0.717) is 18.8 Å². The fourth-order valence-corrected chi connectivity index (χ4v) is 3.39. The van der Waals surface area contributed by atoms with E-state index in [-0.39, 0.29) is 5.78 Å². The maximum atomic E-state index is 12.0. The molecule has 2 nitrogen and oxygen atoms in total. The first-order chi connectivity index (χ1) is 11.2. The second-order valence-corrected chi connectivity index (χ2v) is 7.45. The van der Waals surface area contributed by atoms with E-state index in [2.05, 4.69) is 19.1 Å². The summed E-state index contributed by atoms with van der Waals surface area (Å²) in [7, 11) is 0. The standard InChI is InChI=1S/C21H38O2/c1-19-16-14-12-10-8-6-4-2-3-5-7-9-11-13-15-17-20(22)21(23)18-19/h2,4,19-20,22H,3,5-18H2,1H3/b4-2+/t19-,20?/m0/s1. The molecule has 0 aromatic carbocycles. The molecular formula is C21H38O2. The number of hydrogen-bond acceptors (Lipinski definition) is 2. The fourth-order valence-electron chi connectivity index (χ4n) is 3.39. The van der Waals surface area contributed by atoms with Crippen molar-refractivity contribution in [1.82, 2.24) is 0 Å². The van der Waals surface area contributed by atoms with E-state index < -0.39 is 6.10 Å². The summed E-state index contributed by atoms with van der Waals surface area (Å²) in [5.41, 5.74) is 0. The van der Waals surface area contributed by atoms with E-state index in [1.165, 1.54) is 64.2 Å². The third-order valence-electron chi connectivity index (χ3n) is 5.00. The van der Waals surface area contributed by atoms with Crippen molar-refractivity contribution in [3.05, 3.63) is 12.2 Å². The summed E-state index contributed by atoms with van der Waals surface area (Å²) in [6.45, 7) is 2.15. The first-order valence-electron chi connectivity index (χ1n) is 10.1. The highest BCUT2D eigenvalue weighted by Gasteiger charge is 2.17. The fraction of sp³-hybridized carbons (Fsp3) is 0.857. The lowest BCUT2D eigenvalue weighted by Gasteiger charge is -2.14. The van der Waals surface area contributed by atoms with Gasteiger partial charge in [-0.05, 0) is 38.0 Å². The molecule has 0 aromatic rings. The quantitative estimate of drug-likeness (QED) is 0.557. The van der Waals surface area contributed by atoms with E-state index in [0.717, 1.165) is 19.3 Å². The molecule has 1 rings (SSSR count). The molecule has 0 bridgehead atoms. The van der Waals surface area contributed by atoms with Gasteiger partial charge in [0, 0.05) is 6.42 Å². The Morgan fingerprint density at radius 3 is 1.87 bits per heavy atom. The summed E-state index contributed by atoms with van der Waals surface area (Å²) < 4.78 is 0. The molecule has 1 unspecified atom stereocenters. The van der Waals surface area contributed by atoms with Gasteiger partial charge in [0.25, 0.3) is 0 Å². The predicted octanol–water partition coefficient (Wildman–Crippen LogP) is 5.97. The van der Waals surface area contributed by atoms with Crippen LogP contribution in [0.3, 0.4) is 0 Å². The van der Waals surface area contributed by atoms with Gasteiger partial charge in [-0.3, -0.25) is 4.79 Å². The summed E-state index contributed by atoms with van der Waals surface area (Å²) in [6, 6.07) is 0. The summed E-state index contributed by atoms with van der Waals surface area (Å²) in [4.78, 5) is 12.0. The van der Waals surface area contributed by atoms with Gasteiger partial charge in [-0.2, -0.15) is 0 Å². The Bertz CT molecular complexity index is 322. The zero-order chi connectivity index (χ0) is 16.8. The van der Waals surface area contributed by atoms with Crippen molar-refractivity contribution < 1.29 is 9.90 Å². The Labute approximate surface area is 143 Å². The second kappa shape index (κ2) is 13.8. The van der Waals surface area contributed by atoms with E-state index in [1.807, 2.05) is 0 Å². The smallest absolute Gasteiger partial charge is 0.161 e. The Hall–Kier alpha value is -0.630. The van der Waals surface area contributed by atoms with Crippen LogP contribution in [0.1, 0.15) is 103 Å². The molecule has 0 saturated heterocycles. The number of hydrogen-bond donors (Lipinski definition) is 1. The topological polar surface area (TPSA) is 37.3 Å². The van der Waals surface area contributed by atoms with Gasteiger partial charge in [-0.25, -0.2) is 0 Å². The zero-order valence-electron chi connectivity index (χ0n) is 15.3. The van der Waals surface area contributed by atoms with Crippen LogP contribution in [-0.4, -0.2) is 17.0 Å². The Balaban J connectivity index is 2.32. The van der Waals surface area contributed by atoms with Crippen LogP contribution in [0.4, 0.5) is 0 Å². The highest BCUT2D eigenvalue weighted by atomic mass is 16.3. The average Bonchev–Trinajstić information content (AvgIpc) is 2.53. The number of aliphatic hydroxyl groups is 1. The largest absolute Gasteiger partial charge is 0.385 e. The molecule has 0 spiro atoms. The highest BCUT2D eigenvalue weighted by molar-refractivity contribution is 5.82. The van der Waals surface area contributed by atoms with Gasteiger partial charge in [0.1, 0.15) is 6.10 Å². The minimum atomic E-state index is -0.715. The van der Waals surface area contributed by atoms with Crippen molar-refractivity contribution in [2.45, 2.75) is 109 Å². The van der Waals surface area contributed by atoms with Crippen LogP contribution in [0, 0.1) is 5.92 Å². The molecule has 134 valence electrons. The molecule has 0 amide bonds. The first-order valence-corrected chi connectivity index (χ1v) is 10.1. The monoisotopic (exact) mass is 322 g/mol. The van der Waals surface area contributed by atoms with Crippen molar-refractivity contribution in [3.63, 3.8) is 0 Å². The van der Waals surface area contributed by atoms with Crippen LogP contribution in [0.5, 0.6) is 0 Å². The van der Waals surface area contributed by atoms with Gasteiger partial charge in [0.2, 0.25) is 0 Å². The van der Waals surface area contributed by atoms with Gasteiger partial charge in [0.05, 0.1) is 0 Å². The van der Waals surface area contributed by atoms with E-state index >= 15 is 0 Å². The summed E-state index contributed by atoms with van der Waals surface area (Å²) in [6.07, 6.45) is 21.2. The molecule has 2 atom stereocenters. The molecule has 0 fully saturated rings. The lowest BCUT2D eigenvalue weighted by Crippen LogP contribution is -2.22. The van der Waals surface area contributed by atoms with Crippen molar-refractivity contribution in [2.24, 2.45) is 5.92 Å². The highest BCUT2D eigenvalue weighted by Crippen LogP contribution is 2.18. The second-order valence-electron chi connectivity index (χ2n) is 7.45. The van der Waals surface area contributed by atoms with Gasteiger partial charge in [-0.15, -0.1) is 0 Å². The van der Waals surface area contributed by atoms with Crippen molar-refractivity contribution in [3.8, 4) is 0 Å². The molecule has 1 aliphatic rings. The number of allylic oxidation sites excluding steroid dienone is 2. The van der Waals surface area contributed by atoms with Crippen LogP contribution >= 0.6 is 0 Å². The molecule has 0 aromatic heterocycles. The Morgan fingerprint density at radius 2 is 1.26 bits per heavy atom. The van der Waals surface area contributed by atoms with Crippen LogP contribution in [0.2, 0.25) is 0 Å². The van der Waals surface area contributed by atoms with Gasteiger partial charge < -0.3 is 5.11 Å². The van der Waals surface area contributed by atoms with Crippen molar-refractivity contribution >= 4 is 5.78 Å². The molecule has 1 aliphatic carbocycles. The molecule has 23 heavy (non-hydrogen) atoms. The van der Waals surface area contributed by atoms with Crippen LogP contribution in [0.15, 0.2) is 12.2 Å². The van der Waals surface area contributed by atoms with E-state index in [9.17, 15) is 9.90 Å². The van der Waals surface area contributed by atoms with Gasteiger partial charge >= 0.3 is 0 Å². The number of ketones is 1. The predicted molar refractivity (Wildman–Crippen MR) is 98.6 cm³/mol. The maximum absolute atomic E-state index is 12.0.